The van der Waals surface area contributed by atoms with Gasteiger partial charge in [-0.15, -0.1) is 0 Å². The van der Waals surface area contributed by atoms with Crippen LogP contribution >= 0.6 is 0 Å². The molecule has 3 heterocycles. The maximum absolute atomic E-state index is 12.7. The van der Waals surface area contributed by atoms with E-state index in [1.807, 2.05) is 4.90 Å². The highest BCUT2D eigenvalue weighted by Crippen LogP contribution is 2.33. The van der Waals surface area contributed by atoms with Crippen LogP contribution in [0, 0.1) is 12.1 Å². The number of nitrogens with one attached hydrogen (secondary N) is 1. The van der Waals surface area contributed by atoms with Gasteiger partial charge in [0.15, 0.2) is 6.54 Å². The SMILES string of the molecule is C=CC(=O)NCC1CN(c2ccc(C(F)(F)F)nc2)[C]2C=CN=[N+]2C1. The van der Waals surface area contributed by atoms with Crippen LogP contribution in [0.2, 0.25) is 0 Å². The molecule has 0 aliphatic carbocycles. The number of fused-ring (bicyclic) bond motifs is 1. The van der Waals surface area contributed by atoms with E-state index in [9.17, 15) is 18.0 Å². The first kappa shape index (κ1) is 17.1. The number of amides is 1. The number of hydrogen-bond acceptors (Lipinski definition) is 4. The van der Waals surface area contributed by atoms with Crippen LogP contribution < -0.4 is 10.2 Å². The Morgan fingerprint density at radius 2 is 2.28 bits per heavy atom. The monoisotopic (exact) mass is 351 g/mol. The molecule has 1 fully saturated rings. The fraction of sp³-hybridized carbons (Fsp3) is 0.312. The summed E-state index contributed by atoms with van der Waals surface area (Å²) in [4.78, 5) is 16.7. The van der Waals surface area contributed by atoms with Crippen LogP contribution in [0.25, 0.3) is 0 Å². The molecule has 9 heteroatoms. The Morgan fingerprint density at radius 1 is 1.48 bits per heavy atom. The van der Waals surface area contributed by atoms with Crippen molar-refractivity contribution in [3.05, 3.63) is 55.1 Å². The smallest absolute Gasteiger partial charge is 0.352 e. The number of azo groups is 2. The van der Waals surface area contributed by atoms with E-state index >= 15 is 0 Å². The van der Waals surface area contributed by atoms with Crippen LogP contribution in [0.15, 0.2) is 48.4 Å². The summed E-state index contributed by atoms with van der Waals surface area (Å²) in [6, 6.07) is 2.34. The quantitative estimate of drug-likeness (QED) is 0.669. The van der Waals surface area contributed by atoms with E-state index in [4.69, 9.17) is 0 Å². The Kier molecular flexibility index (Phi) is 4.56. The minimum Gasteiger partial charge on any atom is -0.352 e. The Labute approximate surface area is 142 Å². The summed E-state index contributed by atoms with van der Waals surface area (Å²) in [5, 5.41) is 6.97. The second-order valence-electron chi connectivity index (χ2n) is 5.70. The second kappa shape index (κ2) is 6.66. The number of carbonyl (C=O) groups is 1. The lowest BCUT2D eigenvalue weighted by molar-refractivity contribution is -0.578. The van der Waals surface area contributed by atoms with Gasteiger partial charge in [0.2, 0.25) is 5.91 Å². The third kappa shape index (κ3) is 3.70. The topological polar surface area (TPSA) is 60.6 Å². The van der Waals surface area contributed by atoms with Gasteiger partial charge in [-0.05, 0) is 23.3 Å². The van der Waals surface area contributed by atoms with Crippen LogP contribution in [-0.2, 0) is 11.0 Å². The lowest BCUT2D eigenvalue weighted by Crippen LogP contribution is -2.49. The van der Waals surface area contributed by atoms with Gasteiger partial charge in [0, 0.05) is 19.2 Å². The van der Waals surface area contributed by atoms with E-state index in [1.54, 1.807) is 17.0 Å². The maximum Gasteiger partial charge on any atom is 0.433 e. The maximum atomic E-state index is 12.7. The fourth-order valence-electron chi connectivity index (χ4n) is 2.75. The van der Waals surface area contributed by atoms with Crippen molar-refractivity contribution in [3.63, 3.8) is 0 Å². The van der Waals surface area contributed by atoms with Crippen molar-refractivity contribution >= 4 is 11.6 Å². The molecule has 1 radical (unpaired) electrons. The third-order valence-electron chi connectivity index (χ3n) is 3.94. The first-order valence-corrected chi connectivity index (χ1v) is 7.61. The number of alkyl halides is 3. The predicted octanol–water partition coefficient (Wildman–Crippen LogP) is 2.32. The van der Waals surface area contributed by atoms with Gasteiger partial charge >= 0.3 is 12.3 Å². The highest BCUT2D eigenvalue weighted by molar-refractivity contribution is 5.86. The zero-order chi connectivity index (χ0) is 18.0. The van der Waals surface area contributed by atoms with Gasteiger partial charge in [0.1, 0.15) is 5.69 Å². The molecule has 2 aliphatic rings. The van der Waals surface area contributed by atoms with Crippen LogP contribution in [0.5, 0.6) is 0 Å². The molecule has 0 saturated carbocycles. The zero-order valence-corrected chi connectivity index (χ0v) is 13.2. The first-order chi connectivity index (χ1) is 11.9. The molecule has 25 heavy (non-hydrogen) atoms. The van der Waals surface area contributed by atoms with Crippen LogP contribution in [-0.4, -0.2) is 35.2 Å². The Bertz CT molecular complexity index is 726. The zero-order valence-electron chi connectivity index (χ0n) is 13.2. The van der Waals surface area contributed by atoms with Gasteiger partial charge in [-0.3, -0.25) is 9.69 Å². The first-order valence-electron chi connectivity index (χ1n) is 7.61. The van der Waals surface area contributed by atoms with Gasteiger partial charge < -0.3 is 5.32 Å². The van der Waals surface area contributed by atoms with Crippen molar-refractivity contribution in [1.29, 1.82) is 0 Å². The second-order valence-corrected chi connectivity index (χ2v) is 5.70. The molecule has 0 aromatic carbocycles. The Balaban J connectivity index is 1.78. The summed E-state index contributed by atoms with van der Waals surface area (Å²) in [5.74, 6) is -0.229. The number of aromatic nitrogens is 1. The standard InChI is InChI=1S/C16H16F3N5O/c1-2-14(25)21-7-11-9-23(15-5-6-22-24(15)10-11)12-3-4-13(20-8-12)16(17,18)19/h2-6,8,11H,1,7,9-10H2,(H,21,25)/q+1. The van der Waals surface area contributed by atoms with Crippen molar-refractivity contribution in [1.82, 2.24) is 10.3 Å². The molecule has 0 spiro atoms. The average Bonchev–Trinajstić information content (AvgIpc) is 3.06. The van der Waals surface area contributed by atoms with Gasteiger partial charge in [0.25, 0.3) is 0 Å². The molecule has 1 aromatic heterocycles. The summed E-state index contributed by atoms with van der Waals surface area (Å²) in [7, 11) is 0. The molecule has 0 bridgehead atoms. The van der Waals surface area contributed by atoms with E-state index < -0.39 is 11.9 Å². The number of rotatable bonds is 4. The van der Waals surface area contributed by atoms with E-state index in [1.165, 1.54) is 18.3 Å². The summed E-state index contributed by atoms with van der Waals surface area (Å²) in [6.45, 7) is 4.94. The lowest BCUT2D eigenvalue weighted by Gasteiger charge is -2.32. The number of nitrogens with zero attached hydrogens (tertiary/aromatic N) is 4. The van der Waals surface area contributed by atoms with E-state index in [0.29, 0.717) is 25.3 Å². The molecule has 1 saturated heterocycles. The molecule has 6 nitrogen and oxygen atoms in total. The minimum atomic E-state index is -4.47. The Hall–Kier alpha value is -2.71. The van der Waals surface area contributed by atoms with Crippen molar-refractivity contribution in [2.75, 3.05) is 24.5 Å². The van der Waals surface area contributed by atoms with E-state index in [-0.39, 0.29) is 11.8 Å². The molecule has 1 atom stereocenters. The Morgan fingerprint density at radius 3 is 2.92 bits per heavy atom. The van der Waals surface area contributed by atoms with Crippen LogP contribution in [0.1, 0.15) is 5.69 Å². The summed E-state index contributed by atoms with van der Waals surface area (Å²) in [5.41, 5.74) is -0.397. The molecule has 131 valence electrons. The van der Waals surface area contributed by atoms with Crippen molar-refractivity contribution in [2.24, 2.45) is 11.0 Å². The van der Waals surface area contributed by atoms with E-state index in [2.05, 4.69) is 22.0 Å². The lowest BCUT2D eigenvalue weighted by atomic mass is 10.0. The largest absolute Gasteiger partial charge is 0.433 e. The highest BCUT2D eigenvalue weighted by Gasteiger charge is 2.43. The van der Waals surface area contributed by atoms with E-state index in [0.717, 1.165) is 12.2 Å². The number of carbonyl (C=O) groups excluding carboxylic acids is 1. The number of anilines is 1. The van der Waals surface area contributed by atoms with Crippen molar-refractivity contribution < 1.29 is 22.7 Å². The van der Waals surface area contributed by atoms with Gasteiger partial charge in [0.05, 0.1) is 24.0 Å². The molecular formula is C16H16F3N5O+. The van der Waals surface area contributed by atoms with Gasteiger partial charge in [-0.1, -0.05) is 11.3 Å². The molecule has 1 aromatic rings. The summed E-state index contributed by atoms with van der Waals surface area (Å²) >= 11 is 0. The summed E-state index contributed by atoms with van der Waals surface area (Å²) < 4.78 is 39.8. The van der Waals surface area contributed by atoms with Gasteiger partial charge in [-0.2, -0.15) is 13.2 Å². The fourth-order valence-corrected chi connectivity index (χ4v) is 2.75. The number of pyridine rings is 1. The molecular weight excluding hydrogens is 335 g/mol. The average molecular weight is 351 g/mol. The van der Waals surface area contributed by atoms with Crippen LogP contribution in [0.4, 0.5) is 18.9 Å². The number of hydrogen-bond donors (Lipinski definition) is 1. The molecule has 3 rings (SSSR count). The van der Waals surface area contributed by atoms with Gasteiger partial charge in [-0.25, -0.2) is 4.98 Å². The predicted molar refractivity (Wildman–Crippen MR) is 83.2 cm³/mol. The van der Waals surface area contributed by atoms with Crippen molar-refractivity contribution in [2.45, 2.75) is 6.18 Å². The highest BCUT2D eigenvalue weighted by atomic mass is 19.4. The molecule has 2 aliphatic heterocycles. The van der Waals surface area contributed by atoms with Crippen molar-refractivity contribution in [3.8, 4) is 0 Å². The number of halogens is 3. The minimum absolute atomic E-state index is 0.0404. The molecule has 1 N–H and O–H groups in total. The molecule has 1 amide bonds. The summed E-state index contributed by atoms with van der Waals surface area (Å²) in [6.07, 6.45) is 2.11. The molecule has 1 unspecified atom stereocenters. The normalized spacial score (nSPS) is 20.2. The van der Waals surface area contributed by atoms with Crippen LogP contribution in [0.3, 0.4) is 0 Å². The third-order valence-corrected chi connectivity index (χ3v) is 3.94.